The number of carbonyl (C=O) groups excluding carboxylic acids is 1. The van der Waals surface area contributed by atoms with Gasteiger partial charge < -0.3 is 9.80 Å². The summed E-state index contributed by atoms with van der Waals surface area (Å²) in [5.41, 5.74) is 3.03. The van der Waals surface area contributed by atoms with Crippen molar-refractivity contribution in [3.8, 4) is 5.82 Å². The van der Waals surface area contributed by atoms with Crippen LogP contribution in [0, 0.1) is 13.8 Å². The summed E-state index contributed by atoms with van der Waals surface area (Å²) in [6.45, 7) is 6.84. The van der Waals surface area contributed by atoms with Crippen LogP contribution < -0.4 is 4.90 Å². The number of piperazine rings is 1. The van der Waals surface area contributed by atoms with E-state index in [-0.39, 0.29) is 5.91 Å². The third kappa shape index (κ3) is 4.24. The number of nitrogens with zero attached hydrogens (tertiary/aromatic N) is 6. The van der Waals surface area contributed by atoms with Crippen LogP contribution in [0.25, 0.3) is 5.82 Å². The smallest absolute Gasteiger partial charge is 0.227 e. The minimum absolute atomic E-state index is 0.139. The van der Waals surface area contributed by atoms with Gasteiger partial charge in [-0.05, 0) is 31.5 Å². The van der Waals surface area contributed by atoms with Crippen LogP contribution in [0.5, 0.6) is 0 Å². The largest absolute Gasteiger partial charge is 0.353 e. The third-order valence-electron chi connectivity index (χ3n) is 5.36. The van der Waals surface area contributed by atoms with E-state index >= 15 is 0 Å². The number of rotatable bonds is 4. The highest BCUT2D eigenvalue weighted by Gasteiger charge is 2.22. The fourth-order valence-corrected chi connectivity index (χ4v) is 3.57. The molecule has 3 heterocycles. The first-order valence-corrected chi connectivity index (χ1v) is 9.99. The van der Waals surface area contributed by atoms with Crippen LogP contribution in [0.4, 0.5) is 5.82 Å². The zero-order chi connectivity index (χ0) is 20.4. The quantitative estimate of drug-likeness (QED) is 0.661. The molecule has 1 aromatic carbocycles. The van der Waals surface area contributed by atoms with Gasteiger partial charge in [0.15, 0.2) is 0 Å². The van der Waals surface area contributed by atoms with Gasteiger partial charge in [-0.25, -0.2) is 15.0 Å². The number of hydrogen-bond acceptors (Lipinski definition) is 5. The lowest BCUT2D eigenvalue weighted by Crippen LogP contribution is -2.49. The Hall–Kier alpha value is -2.93. The molecule has 7 nitrogen and oxygen atoms in total. The zero-order valence-electron chi connectivity index (χ0n) is 16.5. The van der Waals surface area contributed by atoms with Crippen molar-refractivity contribution in [2.45, 2.75) is 20.3 Å². The summed E-state index contributed by atoms with van der Waals surface area (Å²) < 4.78 is 1.96. The van der Waals surface area contributed by atoms with Crippen LogP contribution in [0.2, 0.25) is 5.02 Å². The normalized spacial score (nSPS) is 14.3. The molecule has 1 amide bonds. The van der Waals surface area contributed by atoms with Gasteiger partial charge in [0, 0.05) is 43.0 Å². The molecule has 29 heavy (non-hydrogen) atoms. The molecule has 3 aromatic rings. The van der Waals surface area contributed by atoms with Crippen molar-refractivity contribution in [1.82, 2.24) is 24.4 Å². The highest BCUT2D eigenvalue weighted by atomic mass is 35.5. The van der Waals surface area contributed by atoms with Gasteiger partial charge >= 0.3 is 0 Å². The van der Waals surface area contributed by atoms with Gasteiger partial charge in [-0.2, -0.15) is 0 Å². The minimum atomic E-state index is 0.139. The van der Waals surface area contributed by atoms with Gasteiger partial charge in [0.1, 0.15) is 24.3 Å². The number of aromatic nitrogens is 4. The maximum atomic E-state index is 12.6. The van der Waals surface area contributed by atoms with Crippen molar-refractivity contribution in [2.75, 3.05) is 31.1 Å². The molecular formula is C21H23ClN6O. The van der Waals surface area contributed by atoms with Crippen molar-refractivity contribution in [3.05, 3.63) is 65.0 Å². The zero-order valence-corrected chi connectivity index (χ0v) is 17.3. The molecule has 1 saturated heterocycles. The van der Waals surface area contributed by atoms with E-state index in [1.165, 1.54) is 0 Å². The summed E-state index contributed by atoms with van der Waals surface area (Å²) in [5, 5.41) is 0.681. The summed E-state index contributed by atoms with van der Waals surface area (Å²) >= 11 is 5.91. The Kier molecular flexibility index (Phi) is 5.49. The molecule has 1 aliphatic rings. The van der Waals surface area contributed by atoms with Crippen molar-refractivity contribution >= 4 is 23.3 Å². The highest BCUT2D eigenvalue weighted by molar-refractivity contribution is 6.30. The lowest BCUT2D eigenvalue weighted by molar-refractivity contribution is -0.130. The van der Waals surface area contributed by atoms with Crippen LogP contribution in [0.15, 0.2) is 43.0 Å². The SMILES string of the molecule is Cc1ncn(-c2cc(N3CCN(C(=O)Cc4ccc(Cl)cc4)CC3)ncn2)c1C. The molecule has 8 heteroatoms. The lowest BCUT2D eigenvalue weighted by Gasteiger charge is -2.35. The highest BCUT2D eigenvalue weighted by Crippen LogP contribution is 2.19. The second-order valence-electron chi connectivity index (χ2n) is 7.19. The summed E-state index contributed by atoms with van der Waals surface area (Å²) in [6, 6.07) is 9.41. The first-order chi connectivity index (χ1) is 14.0. The van der Waals surface area contributed by atoms with Crippen LogP contribution in [-0.4, -0.2) is 56.5 Å². The molecule has 0 N–H and O–H groups in total. The molecule has 0 atom stereocenters. The second kappa shape index (κ2) is 8.21. The predicted octanol–water partition coefficient (Wildman–Crippen LogP) is 2.82. The molecule has 4 rings (SSSR count). The first kappa shape index (κ1) is 19.4. The number of hydrogen-bond donors (Lipinski definition) is 0. The van der Waals surface area contributed by atoms with Gasteiger partial charge in [-0.1, -0.05) is 23.7 Å². The standard InChI is InChI=1S/C21H23ClN6O/c1-15-16(2)28(14-25-15)20-12-19(23-13-24-20)26-7-9-27(10-8-26)21(29)11-17-3-5-18(22)6-4-17/h3-6,12-14H,7-11H2,1-2H3. The number of imidazole rings is 1. The maximum absolute atomic E-state index is 12.6. The molecule has 0 spiro atoms. The van der Waals surface area contributed by atoms with E-state index in [4.69, 9.17) is 11.6 Å². The Morgan fingerprint density at radius 2 is 1.69 bits per heavy atom. The van der Waals surface area contributed by atoms with E-state index in [0.29, 0.717) is 24.5 Å². The van der Waals surface area contributed by atoms with Gasteiger partial charge in [0.05, 0.1) is 12.1 Å². The van der Waals surface area contributed by atoms with Crippen LogP contribution >= 0.6 is 11.6 Å². The van der Waals surface area contributed by atoms with E-state index in [9.17, 15) is 4.79 Å². The van der Waals surface area contributed by atoms with E-state index in [1.807, 2.05) is 53.6 Å². The summed E-state index contributed by atoms with van der Waals surface area (Å²) in [6.07, 6.45) is 3.76. The van der Waals surface area contributed by atoms with Crippen LogP contribution in [0.1, 0.15) is 17.0 Å². The number of aryl methyl sites for hydroxylation is 1. The minimum Gasteiger partial charge on any atom is -0.353 e. The molecule has 150 valence electrons. The maximum Gasteiger partial charge on any atom is 0.227 e. The molecule has 0 unspecified atom stereocenters. The second-order valence-corrected chi connectivity index (χ2v) is 7.63. The van der Waals surface area contributed by atoms with Gasteiger partial charge in [0.25, 0.3) is 0 Å². The molecule has 1 fully saturated rings. The summed E-state index contributed by atoms with van der Waals surface area (Å²) in [5.74, 6) is 1.81. The Morgan fingerprint density at radius 1 is 1.00 bits per heavy atom. The average Bonchev–Trinajstić information content (AvgIpc) is 3.08. The summed E-state index contributed by atoms with van der Waals surface area (Å²) in [4.78, 5) is 29.9. The van der Waals surface area contributed by atoms with E-state index in [0.717, 1.165) is 41.7 Å². The molecular weight excluding hydrogens is 388 g/mol. The van der Waals surface area contributed by atoms with E-state index < -0.39 is 0 Å². The third-order valence-corrected chi connectivity index (χ3v) is 5.61. The Bertz CT molecular complexity index is 1010. The van der Waals surface area contributed by atoms with Crippen LogP contribution in [0.3, 0.4) is 0 Å². The molecule has 1 aliphatic heterocycles. The Labute approximate surface area is 175 Å². The van der Waals surface area contributed by atoms with Gasteiger partial charge in [0.2, 0.25) is 5.91 Å². The molecule has 2 aromatic heterocycles. The van der Waals surface area contributed by atoms with Gasteiger partial charge in [-0.3, -0.25) is 9.36 Å². The fourth-order valence-electron chi connectivity index (χ4n) is 3.45. The number of halogens is 1. The van der Waals surface area contributed by atoms with Crippen molar-refractivity contribution in [3.63, 3.8) is 0 Å². The van der Waals surface area contributed by atoms with E-state index in [1.54, 1.807) is 12.7 Å². The Balaban J connectivity index is 1.39. The average molecular weight is 411 g/mol. The van der Waals surface area contributed by atoms with Crippen molar-refractivity contribution < 1.29 is 4.79 Å². The first-order valence-electron chi connectivity index (χ1n) is 9.61. The lowest BCUT2D eigenvalue weighted by atomic mass is 10.1. The van der Waals surface area contributed by atoms with Crippen molar-refractivity contribution in [1.29, 1.82) is 0 Å². The fraction of sp³-hybridized carbons (Fsp3) is 0.333. The topological polar surface area (TPSA) is 67.2 Å². The van der Waals surface area contributed by atoms with E-state index in [2.05, 4.69) is 19.9 Å². The predicted molar refractivity (Wildman–Crippen MR) is 113 cm³/mol. The Morgan fingerprint density at radius 3 is 2.34 bits per heavy atom. The van der Waals surface area contributed by atoms with Gasteiger partial charge in [-0.15, -0.1) is 0 Å². The number of benzene rings is 1. The number of anilines is 1. The van der Waals surface area contributed by atoms with Crippen molar-refractivity contribution in [2.24, 2.45) is 0 Å². The molecule has 0 bridgehead atoms. The number of amides is 1. The summed E-state index contributed by atoms with van der Waals surface area (Å²) in [7, 11) is 0. The molecule has 0 radical (unpaired) electrons. The monoisotopic (exact) mass is 410 g/mol. The molecule has 0 saturated carbocycles. The number of carbonyl (C=O) groups is 1. The molecule has 0 aliphatic carbocycles. The van der Waals surface area contributed by atoms with Crippen LogP contribution in [-0.2, 0) is 11.2 Å².